The van der Waals surface area contributed by atoms with Gasteiger partial charge in [0.25, 0.3) is 5.91 Å². The van der Waals surface area contributed by atoms with Crippen molar-refractivity contribution in [3.8, 4) is 0 Å². The summed E-state index contributed by atoms with van der Waals surface area (Å²) in [7, 11) is 0. The summed E-state index contributed by atoms with van der Waals surface area (Å²) in [5, 5.41) is 11.1. The maximum absolute atomic E-state index is 11.8. The Kier molecular flexibility index (Phi) is 4.02. The Morgan fingerprint density at radius 3 is 2.68 bits per heavy atom. The lowest BCUT2D eigenvalue weighted by Gasteiger charge is -2.04. The highest BCUT2D eigenvalue weighted by molar-refractivity contribution is 5.93. The number of hydrogen-bond acceptors (Lipinski definition) is 4. The molecular weight excluding hydrogens is 246 g/mol. The third-order valence-electron chi connectivity index (χ3n) is 2.53. The number of carboxylic acid groups (broad SMARTS) is 1. The van der Waals surface area contributed by atoms with Crippen LogP contribution in [0.1, 0.15) is 23.3 Å². The Bertz CT molecular complexity index is 613. The highest BCUT2D eigenvalue weighted by Gasteiger charge is 2.08. The molecule has 0 aliphatic heterocycles. The number of carboxylic acids is 1. The van der Waals surface area contributed by atoms with Gasteiger partial charge in [-0.1, -0.05) is 12.1 Å². The zero-order valence-electron chi connectivity index (χ0n) is 10.2. The second-order valence-corrected chi connectivity index (χ2v) is 4.00. The van der Waals surface area contributed by atoms with Crippen LogP contribution in [0.3, 0.4) is 0 Å². The second kappa shape index (κ2) is 5.90. The summed E-state index contributed by atoms with van der Waals surface area (Å²) >= 11 is 0. The number of aromatic nitrogens is 2. The Morgan fingerprint density at radius 1 is 1.21 bits per heavy atom. The van der Waals surface area contributed by atoms with Crippen molar-refractivity contribution in [1.29, 1.82) is 0 Å². The highest BCUT2D eigenvalue weighted by Crippen LogP contribution is 2.08. The van der Waals surface area contributed by atoms with Crippen molar-refractivity contribution in [3.63, 3.8) is 0 Å². The summed E-state index contributed by atoms with van der Waals surface area (Å²) in [5.74, 6) is -1.22. The van der Waals surface area contributed by atoms with Gasteiger partial charge in [0.05, 0.1) is 17.2 Å². The molecule has 2 rings (SSSR count). The lowest BCUT2D eigenvalue weighted by molar-refractivity contribution is -0.137. The van der Waals surface area contributed by atoms with Gasteiger partial charge in [-0.3, -0.25) is 14.6 Å². The first kappa shape index (κ1) is 12.9. The summed E-state index contributed by atoms with van der Waals surface area (Å²) in [5.41, 5.74) is 1.61. The van der Waals surface area contributed by atoms with Crippen molar-refractivity contribution >= 4 is 22.9 Å². The van der Waals surface area contributed by atoms with E-state index < -0.39 is 5.97 Å². The minimum absolute atomic E-state index is 0.0314. The smallest absolute Gasteiger partial charge is 0.303 e. The van der Waals surface area contributed by atoms with E-state index in [0.717, 1.165) is 5.52 Å². The molecule has 1 aromatic heterocycles. The maximum atomic E-state index is 11.8. The summed E-state index contributed by atoms with van der Waals surface area (Å²) < 4.78 is 0. The van der Waals surface area contributed by atoms with Gasteiger partial charge in [0.2, 0.25) is 0 Å². The van der Waals surface area contributed by atoms with Gasteiger partial charge in [-0.05, 0) is 18.6 Å². The lowest BCUT2D eigenvalue weighted by Crippen LogP contribution is -2.26. The first-order valence-corrected chi connectivity index (χ1v) is 5.88. The molecule has 0 fully saturated rings. The molecule has 0 saturated carbocycles. The minimum Gasteiger partial charge on any atom is -0.481 e. The summed E-state index contributed by atoms with van der Waals surface area (Å²) in [6.07, 6.45) is 1.83. The van der Waals surface area contributed by atoms with Crippen molar-refractivity contribution in [3.05, 3.63) is 36.2 Å². The van der Waals surface area contributed by atoms with Crippen LogP contribution in [0.2, 0.25) is 0 Å². The van der Waals surface area contributed by atoms with Gasteiger partial charge in [-0.2, -0.15) is 0 Å². The number of amides is 1. The SMILES string of the molecule is O=C(O)CCCNC(=O)c1cnc2ccccc2n1. The van der Waals surface area contributed by atoms with Crippen LogP contribution in [-0.2, 0) is 4.79 Å². The average Bonchev–Trinajstić information content (AvgIpc) is 2.42. The number of carbonyl (C=O) groups is 2. The van der Waals surface area contributed by atoms with E-state index in [2.05, 4.69) is 15.3 Å². The highest BCUT2D eigenvalue weighted by atomic mass is 16.4. The minimum atomic E-state index is -0.875. The standard InChI is InChI=1S/C13H13N3O3/c17-12(18)6-3-7-14-13(19)11-8-15-9-4-1-2-5-10(9)16-11/h1-2,4-5,8H,3,6-7H2,(H,14,19)(H,17,18). The predicted octanol–water partition coefficient (Wildman–Crippen LogP) is 1.22. The molecule has 1 aromatic carbocycles. The van der Waals surface area contributed by atoms with E-state index in [1.165, 1.54) is 6.20 Å². The number of benzene rings is 1. The van der Waals surface area contributed by atoms with E-state index in [0.29, 0.717) is 18.5 Å². The number of nitrogens with one attached hydrogen (secondary N) is 1. The van der Waals surface area contributed by atoms with Crippen LogP contribution < -0.4 is 5.32 Å². The van der Waals surface area contributed by atoms with Crippen molar-refractivity contribution in [2.75, 3.05) is 6.54 Å². The van der Waals surface area contributed by atoms with Crippen LogP contribution in [0.15, 0.2) is 30.5 Å². The normalized spacial score (nSPS) is 10.3. The summed E-state index contributed by atoms with van der Waals surface area (Å²) in [6.45, 7) is 0.305. The molecule has 0 aliphatic rings. The van der Waals surface area contributed by atoms with Gasteiger partial charge in [0.15, 0.2) is 0 Å². The number of hydrogen-bond donors (Lipinski definition) is 2. The van der Waals surface area contributed by atoms with Gasteiger partial charge >= 0.3 is 5.97 Å². The van der Waals surface area contributed by atoms with E-state index in [1.807, 2.05) is 18.2 Å². The van der Waals surface area contributed by atoms with Gasteiger partial charge in [0.1, 0.15) is 5.69 Å². The van der Waals surface area contributed by atoms with Crippen LogP contribution in [0.4, 0.5) is 0 Å². The average molecular weight is 259 g/mol. The lowest BCUT2D eigenvalue weighted by atomic mass is 10.3. The quantitative estimate of drug-likeness (QED) is 0.788. The number of para-hydroxylation sites is 2. The monoisotopic (exact) mass is 259 g/mol. The zero-order chi connectivity index (χ0) is 13.7. The van der Waals surface area contributed by atoms with Gasteiger partial charge < -0.3 is 10.4 Å². The van der Waals surface area contributed by atoms with E-state index in [4.69, 9.17) is 5.11 Å². The summed E-state index contributed by atoms with van der Waals surface area (Å²) in [4.78, 5) is 30.4. The molecule has 1 amide bonds. The molecule has 0 saturated heterocycles. The number of rotatable bonds is 5. The Hall–Kier alpha value is -2.50. The van der Waals surface area contributed by atoms with Crippen molar-refractivity contribution in [1.82, 2.24) is 15.3 Å². The molecule has 2 N–H and O–H groups in total. The van der Waals surface area contributed by atoms with Gasteiger partial charge in [-0.25, -0.2) is 4.98 Å². The first-order chi connectivity index (χ1) is 9.16. The third kappa shape index (κ3) is 3.48. The van der Waals surface area contributed by atoms with Crippen LogP contribution in [0.25, 0.3) is 11.0 Å². The number of nitrogens with zero attached hydrogens (tertiary/aromatic N) is 2. The van der Waals surface area contributed by atoms with Crippen molar-refractivity contribution < 1.29 is 14.7 Å². The summed E-state index contributed by atoms with van der Waals surface area (Å²) in [6, 6.07) is 7.27. The number of aliphatic carboxylic acids is 1. The largest absolute Gasteiger partial charge is 0.481 e. The first-order valence-electron chi connectivity index (χ1n) is 5.88. The fraction of sp³-hybridized carbons (Fsp3) is 0.231. The van der Waals surface area contributed by atoms with Crippen LogP contribution in [0, 0.1) is 0 Å². The van der Waals surface area contributed by atoms with E-state index in [1.54, 1.807) is 6.07 Å². The van der Waals surface area contributed by atoms with Crippen LogP contribution in [0.5, 0.6) is 0 Å². The predicted molar refractivity (Wildman–Crippen MR) is 68.7 cm³/mol. The maximum Gasteiger partial charge on any atom is 0.303 e. The Morgan fingerprint density at radius 2 is 1.95 bits per heavy atom. The molecule has 6 nitrogen and oxygen atoms in total. The molecular formula is C13H13N3O3. The molecule has 0 atom stereocenters. The van der Waals surface area contributed by atoms with Crippen molar-refractivity contribution in [2.45, 2.75) is 12.8 Å². The molecule has 6 heteroatoms. The number of fused-ring (bicyclic) bond motifs is 1. The van der Waals surface area contributed by atoms with Crippen molar-refractivity contribution in [2.24, 2.45) is 0 Å². The number of carbonyl (C=O) groups excluding carboxylic acids is 1. The molecule has 0 spiro atoms. The van der Waals surface area contributed by atoms with E-state index >= 15 is 0 Å². The molecule has 19 heavy (non-hydrogen) atoms. The topological polar surface area (TPSA) is 92.2 Å². The zero-order valence-corrected chi connectivity index (χ0v) is 10.2. The van der Waals surface area contributed by atoms with E-state index in [9.17, 15) is 9.59 Å². The van der Waals surface area contributed by atoms with Crippen LogP contribution >= 0.6 is 0 Å². The fourth-order valence-electron chi connectivity index (χ4n) is 1.60. The molecule has 98 valence electrons. The molecule has 0 unspecified atom stereocenters. The fourth-order valence-corrected chi connectivity index (χ4v) is 1.60. The Labute approximate surface area is 109 Å². The third-order valence-corrected chi connectivity index (χ3v) is 2.53. The Balaban J connectivity index is 1.99. The van der Waals surface area contributed by atoms with Crippen LogP contribution in [-0.4, -0.2) is 33.5 Å². The van der Waals surface area contributed by atoms with E-state index in [-0.39, 0.29) is 18.0 Å². The molecule has 2 aromatic rings. The second-order valence-electron chi connectivity index (χ2n) is 4.00. The molecule has 0 radical (unpaired) electrons. The molecule has 1 heterocycles. The van der Waals surface area contributed by atoms with Gasteiger partial charge in [0, 0.05) is 13.0 Å². The molecule has 0 bridgehead atoms. The van der Waals surface area contributed by atoms with Gasteiger partial charge in [-0.15, -0.1) is 0 Å². The molecule has 0 aliphatic carbocycles.